The molecular weight excluding hydrogens is 426 g/mol. The standard InChI is InChI=1S/C29H39NO4/c1-6-32-25-18-26(23-10-8-7-9-11-23)34-29(19-25)12-14-30(15-13-29)28(31)24-16-21(4)27(22(5)17-24)33-20(2)3/h7-11,16-17,20,25-26H,6,12-15,18-19H2,1-5H3. The van der Waals surface area contributed by atoms with Crippen molar-refractivity contribution in [2.75, 3.05) is 19.7 Å². The van der Waals surface area contributed by atoms with Gasteiger partial charge in [0.25, 0.3) is 5.91 Å². The third-order valence-electron chi connectivity index (χ3n) is 7.07. The molecular formula is C29H39NO4. The Bertz CT molecular complexity index is 956. The molecule has 1 spiro atoms. The Labute approximate surface area is 204 Å². The zero-order valence-electron chi connectivity index (χ0n) is 21.3. The number of rotatable bonds is 6. The minimum atomic E-state index is -0.240. The molecule has 0 radical (unpaired) electrons. The first-order chi connectivity index (χ1) is 16.3. The SMILES string of the molecule is CCOC1CC(c2ccccc2)OC2(CCN(C(=O)c3cc(C)c(OC(C)C)c(C)c3)CC2)C1. The molecule has 2 saturated heterocycles. The molecule has 2 fully saturated rings. The van der Waals surface area contributed by atoms with E-state index in [1.54, 1.807) is 0 Å². The minimum absolute atomic E-state index is 0.0348. The molecule has 0 saturated carbocycles. The van der Waals surface area contributed by atoms with Crippen LogP contribution in [0.2, 0.25) is 0 Å². The van der Waals surface area contributed by atoms with E-state index in [2.05, 4.69) is 31.2 Å². The van der Waals surface area contributed by atoms with Gasteiger partial charge in [0, 0.05) is 38.1 Å². The van der Waals surface area contributed by atoms with Crippen LogP contribution in [0.15, 0.2) is 42.5 Å². The van der Waals surface area contributed by atoms with Crippen molar-refractivity contribution in [3.8, 4) is 5.75 Å². The summed E-state index contributed by atoms with van der Waals surface area (Å²) < 4.78 is 18.8. The van der Waals surface area contributed by atoms with Gasteiger partial charge in [-0.05, 0) is 76.3 Å². The highest BCUT2D eigenvalue weighted by molar-refractivity contribution is 5.95. The lowest BCUT2D eigenvalue weighted by molar-refractivity contribution is -0.190. The van der Waals surface area contributed by atoms with Crippen LogP contribution in [0.1, 0.15) is 79.6 Å². The minimum Gasteiger partial charge on any atom is -0.490 e. The van der Waals surface area contributed by atoms with Crippen molar-refractivity contribution < 1.29 is 19.0 Å². The van der Waals surface area contributed by atoms with E-state index in [9.17, 15) is 4.79 Å². The van der Waals surface area contributed by atoms with Gasteiger partial charge < -0.3 is 19.1 Å². The lowest BCUT2D eigenvalue weighted by Crippen LogP contribution is -2.52. The van der Waals surface area contributed by atoms with E-state index in [0.717, 1.165) is 48.1 Å². The van der Waals surface area contributed by atoms with Crippen LogP contribution >= 0.6 is 0 Å². The van der Waals surface area contributed by atoms with E-state index in [4.69, 9.17) is 14.2 Å². The number of piperidine rings is 1. The highest BCUT2D eigenvalue weighted by Gasteiger charge is 2.45. The fraction of sp³-hybridized carbons (Fsp3) is 0.552. The largest absolute Gasteiger partial charge is 0.490 e. The van der Waals surface area contributed by atoms with E-state index in [0.29, 0.717) is 19.7 Å². The van der Waals surface area contributed by atoms with Gasteiger partial charge in [0.1, 0.15) is 5.75 Å². The summed E-state index contributed by atoms with van der Waals surface area (Å²) in [5, 5.41) is 0. The van der Waals surface area contributed by atoms with Crippen molar-refractivity contribution in [1.82, 2.24) is 4.90 Å². The molecule has 0 N–H and O–H groups in total. The molecule has 2 aromatic rings. The predicted octanol–water partition coefficient (Wildman–Crippen LogP) is 6.02. The molecule has 34 heavy (non-hydrogen) atoms. The first-order valence-electron chi connectivity index (χ1n) is 12.7. The van der Waals surface area contributed by atoms with Crippen molar-refractivity contribution in [2.45, 2.75) is 84.2 Å². The number of benzene rings is 2. The van der Waals surface area contributed by atoms with Crippen LogP contribution < -0.4 is 4.74 Å². The van der Waals surface area contributed by atoms with E-state index in [1.165, 1.54) is 5.56 Å². The number of nitrogens with zero attached hydrogens (tertiary/aromatic N) is 1. The van der Waals surface area contributed by atoms with E-state index >= 15 is 0 Å². The Morgan fingerprint density at radius 3 is 2.35 bits per heavy atom. The molecule has 2 aliphatic rings. The van der Waals surface area contributed by atoms with Gasteiger partial charge in [-0.15, -0.1) is 0 Å². The third-order valence-corrected chi connectivity index (χ3v) is 7.07. The molecule has 5 heteroatoms. The highest BCUT2D eigenvalue weighted by atomic mass is 16.5. The van der Waals surface area contributed by atoms with Crippen LogP contribution in [0.4, 0.5) is 0 Å². The first-order valence-corrected chi connectivity index (χ1v) is 12.7. The van der Waals surface area contributed by atoms with Gasteiger partial charge >= 0.3 is 0 Å². The van der Waals surface area contributed by atoms with Crippen molar-refractivity contribution >= 4 is 5.91 Å². The summed E-state index contributed by atoms with van der Waals surface area (Å²) >= 11 is 0. The molecule has 4 rings (SSSR count). The van der Waals surface area contributed by atoms with Crippen molar-refractivity contribution in [2.24, 2.45) is 0 Å². The average Bonchev–Trinajstić information content (AvgIpc) is 2.82. The lowest BCUT2D eigenvalue weighted by Gasteiger charge is -2.48. The number of aryl methyl sites for hydroxylation is 2. The zero-order chi connectivity index (χ0) is 24.3. The Hall–Kier alpha value is -2.37. The van der Waals surface area contributed by atoms with Crippen LogP contribution in [-0.4, -0.2) is 48.3 Å². The summed E-state index contributed by atoms with van der Waals surface area (Å²) in [5.74, 6) is 0.975. The van der Waals surface area contributed by atoms with Crippen LogP contribution in [0.3, 0.4) is 0 Å². The number of carbonyl (C=O) groups is 1. The fourth-order valence-electron chi connectivity index (χ4n) is 5.49. The van der Waals surface area contributed by atoms with Gasteiger partial charge in [-0.25, -0.2) is 0 Å². The fourth-order valence-corrected chi connectivity index (χ4v) is 5.49. The maximum absolute atomic E-state index is 13.4. The first kappa shape index (κ1) is 24.7. The zero-order valence-corrected chi connectivity index (χ0v) is 21.3. The summed E-state index contributed by atoms with van der Waals surface area (Å²) in [6.45, 7) is 12.2. The number of ether oxygens (including phenoxy) is 3. The quantitative estimate of drug-likeness (QED) is 0.523. The summed E-state index contributed by atoms with van der Waals surface area (Å²) in [6, 6.07) is 14.4. The molecule has 2 unspecified atom stereocenters. The molecule has 2 heterocycles. The average molecular weight is 466 g/mol. The van der Waals surface area contributed by atoms with Crippen LogP contribution in [-0.2, 0) is 9.47 Å². The molecule has 0 bridgehead atoms. The van der Waals surface area contributed by atoms with E-state index in [-0.39, 0.29) is 29.8 Å². The summed E-state index contributed by atoms with van der Waals surface area (Å²) in [5.41, 5.74) is 3.72. The highest BCUT2D eigenvalue weighted by Crippen LogP contribution is 2.44. The van der Waals surface area contributed by atoms with Crippen LogP contribution in [0.25, 0.3) is 0 Å². The smallest absolute Gasteiger partial charge is 0.253 e. The van der Waals surface area contributed by atoms with Gasteiger partial charge in [0.2, 0.25) is 0 Å². The second-order valence-electron chi connectivity index (χ2n) is 10.1. The third kappa shape index (κ3) is 5.47. The number of hydrogen-bond acceptors (Lipinski definition) is 4. The van der Waals surface area contributed by atoms with Crippen LogP contribution in [0.5, 0.6) is 5.75 Å². The molecule has 0 aliphatic carbocycles. The maximum Gasteiger partial charge on any atom is 0.253 e. The number of amides is 1. The molecule has 184 valence electrons. The Morgan fingerprint density at radius 1 is 1.12 bits per heavy atom. The maximum atomic E-state index is 13.4. The predicted molar refractivity (Wildman–Crippen MR) is 134 cm³/mol. The van der Waals surface area contributed by atoms with Gasteiger partial charge in [-0.2, -0.15) is 0 Å². The second kappa shape index (κ2) is 10.5. The summed E-state index contributed by atoms with van der Waals surface area (Å²) in [7, 11) is 0. The molecule has 1 amide bonds. The second-order valence-corrected chi connectivity index (χ2v) is 10.1. The van der Waals surface area contributed by atoms with Crippen molar-refractivity contribution in [1.29, 1.82) is 0 Å². The molecule has 2 aliphatic heterocycles. The van der Waals surface area contributed by atoms with Gasteiger partial charge in [0.05, 0.1) is 23.9 Å². The van der Waals surface area contributed by atoms with Crippen LogP contribution in [0, 0.1) is 13.8 Å². The number of likely N-dealkylation sites (tertiary alicyclic amines) is 1. The normalized spacial score (nSPS) is 22.2. The summed E-state index contributed by atoms with van der Waals surface area (Å²) in [4.78, 5) is 15.4. The molecule has 5 nitrogen and oxygen atoms in total. The van der Waals surface area contributed by atoms with Gasteiger partial charge in [-0.3, -0.25) is 4.79 Å². The Balaban J connectivity index is 1.46. The van der Waals surface area contributed by atoms with Crippen molar-refractivity contribution in [3.05, 3.63) is 64.7 Å². The molecule has 2 aromatic carbocycles. The monoisotopic (exact) mass is 465 g/mol. The van der Waals surface area contributed by atoms with Crippen molar-refractivity contribution in [3.63, 3.8) is 0 Å². The molecule has 2 atom stereocenters. The van der Waals surface area contributed by atoms with E-state index < -0.39 is 0 Å². The Kier molecular flexibility index (Phi) is 7.63. The summed E-state index contributed by atoms with van der Waals surface area (Å²) in [6.07, 6.45) is 3.76. The van der Waals surface area contributed by atoms with Gasteiger partial charge in [-0.1, -0.05) is 30.3 Å². The number of carbonyl (C=O) groups excluding carboxylic acids is 1. The van der Waals surface area contributed by atoms with E-state index in [1.807, 2.05) is 50.8 Å². The number of hydrogen-bond donors (Lipinski definition) is 0. The topological polar surface area (TPSA) is 48.0 Å². The van der Waals surface area contributed by atoms with Gasteiger partial charge in [0.15, 0.2) is 0 Å². The molecule has 0 aromatic heterocycles. The lowest BCUT2D eigenvalue weighted by atomic mass is 9.80. The Morgan fingerprint density at radius 2 is 1.76 bits per heavy atom.